The third-order valence-electron chi connectivity index (χ3n) is 5.04. The number of H-pyrrole nitrogens is 1. The van der Waals surface area contributed by atoms with E-state index in [2.05, 4.69) is 15.3 Å². The maximum Gasteiger partial charge on any atom is 0.330 e. The lowest BCUT2D eigenvalue weighted by atomic mass is 9.99. The molecule has 0 aliphatic rings. The van der Waals surface area contributed by atoms with Gasteiger partial charge in [-0.1, -0.05) is 41.5 Å². The van der Waals surface area contributed by atoms with E-state index in [4.69, 9.17) is 0 Å². The summed E-state index contributed by atoms with van der Waals surface area (Å²) in [5, 5.41) is 8.22. The molecule has 30 heavy (non-hydrogen) atoms. The van der Waals surface area contributed by atoms with Crippen molar-refractivity contribution in [2.75, 3.05) is 0 Å². The average Bonchev–Trinajstić information content (AvgIpc) is 3.11. The molecular weight excluding hydrogens is 382 g/mol. The van der Waals surface area contributed by atoms with Crippen LogP contribution < -0.4 is 11.2 Å². The van der Waals surface area contributed by atoms with Crippen LogP contribution in [0.15, 0.2) is 52.1 Å². The molecule has 0 amide bonds. The molecule has 0 bridgehead atoms. The normalized spacial score (nSPS) is 11.2. The number of carbonyl (C=O) groups excluding carboxylic acids is 1. The molecule has 0 fully saturated rings. The molecule has 0 atom stereocenters. The van der Waals surface area contributed by atoms with E-state index in [0.717, 1.165) is 16.6 Å². The summed E-state index contributed by atoms with van der Waals surface area (Å²) in [7, 11) is 0. The van der Waals surface area contributed by atoms with Gasteiger partial charge in [0.1, 0.15) is 17.9 Å². The first-order valence-corrected chi connectivity index (χ1v) is 9.66. The molecule has 2 heterocycles. The Kier molecular flexibility index (Phi) is 4.91. The highest BCUT2D eigenvalue weighted by Crippen LogP contribution is 2.16. The second-order valence-corrected chi connectivity index (χ2v) is 7.29. The molecule has 152 valence electrons. The Morgan fingerprint density at radius 3 is 2.47 bits per heavy atom. The number of nitrogens with zero attached hydrogens (tertiary/aromatic N) is 4. The molecule has 4 aromatic rings. The highest BCUT2D eigenvalue weighted by Gasteiger charge is 2.23. The minimum atomic E-state index is -0.662. The molecule has 8 heteroatoms. The minimum Gasteiger partial charge on any atom is -0.287 e. The van der Waals surface area contributed by atoms with Crippen LogP contribution in [0.1, 0.15) is 39.7 Å². The first kappa shape index (κ1) is 19.5. The zero-order valence-corrected chi connectivity index (χ0v) is 17.0. The minimum absolute atomic E-state index is 0.0466. The molecule has 0 radical (unpaired) electrons. The Balaban J connectivity index is 1.93. The van der Waals surface area contributed by atoms with Crippen molar-refractivity contribution in [3.8, 4) is 0 Å². The van der Waals surface area contributed by atoms with Crippen molar-refractivity contribution < 1.29 is 4.79 Å². The first-order valence-electron chi connectivity index (χ1n) is 9.66. The van der Waals surface area contributed by atoms with Gasteiger partial charge in [0.15, 0.2) is 0 Å². The van der Waals surface area contributed by atoms with Gasteiger partial charge in [-0.2, -0.15) is 0 Å². The Morgan fingerprint density at radius 2 is 1.77 bits per heavy atom. The quantitative estimate of drug-likeness (QED) is 0.515. The van der Waals surface area contributed by atoms with Crippen LogP contribution in [0.3, 0.4) is 0 Å². The molecular formula is C22H21N5O3. The fraction of sp³-hybridized carbons (Fsp3) is 0.227. The summed E-state index contributed by atoms with van der Waals surface area (Å²) in [5.74, 6) is -0.369. The summed E-state index contributed by atoms with van der Waals surface area (Å²) >= 11 is 0. The summed E-state index contributed by atoms with van der Waals surface area (Å²) < 4.78 is 2.80. The molecule has 1 N–H and O–H groups in total. The summed E-state index contributed by atoms with van der Waals surface area (Å²) in [5.41, 5.74) is 2.82. The van der Waals surface area contributed by atoms with E-state index in [1.807, 2.05) is 44.2 Å². The summed E-state index contributed by atoms with van der Waals surface area (Å²) in [4.78, 5) is 41.0. The number of nitrogens with one attached hydrogen (secondary N) is 1. The zero-order chi connectivity index (χ0) is 21.4. The third kappa shape index (κ3) is 3.36. The van der Waals surface area contributed by atoms with Crippen molar-refractivity contribution in [2.45, 2.75) is 33.9 Å². The second kappa shape index (κ2) is 7.55. The number of hydrogen-bond donors (Lipinski definition) is 1. The van der Waals surface area contributed by atoms with E-state index >= 15 is 0 Å². The van der Waals surface area contributed by atoms with E-state index < -0.39 is 11.2 Å². The molecule has 0 saturated carbocycles. The standard InChI is InChI=1S/C22H21N5O3/c1-4-16-19(20(28)15-10-13(2)9-14(3)11-15)26(22(30)23-21(16)29)12-27-18-8-6-5-7-17(18)24-25-27/h5-11H,4,12H2,1-3H3,(H,23,29,30). The number of rotatable bonds is 5. The number of benzene rings is 2. The predicted molar refractivity (Wildman–Crippen MR) is 113 cm³/mol. The lowest BCUT2D eigenvalue weighted by Crippen LogP contribution is -2.38. The number of fused-ring (bicyclic) bond motifs is 1. The first-order chi connectivity index (χ1) is 14.4. The molecule has 0 unspecified atom stereocenters. The van der Waals surface area contributed by atoms with Crippen LogP contribution in [0.25, 0.3) is 11.0 Å². The van der Waals surface area contributed by atoms with Crippen LogP contribution in [0.4, 0.5) is 0 Å². The van der Waals surface area contributed by atoms with Crippen molar-refractivity contribution in [1.82, 2.24) is 24.5 Å². The highest BCUT2D eigenvalue weighted by molar-refractivity contribution is 6.09. The molecule has 2 aromatic carbocycles. The highest BCUT2D eigenvalue weighted by atomic mass is 16.2. The summed E-state index contributed by atoms with van der Waals surface area (Å²) in [6, 6.07) is 12.8. The molecule has 0 aliphatic carbocycles. The average molecular weight is 403 g/mol. The summed E-state index contributed by atoms with van der Waals surface area (Å²) in [6.45, 7) is 5.53. The van der Waals surface area contributed by atoms with Gasteiger partial charge in [-0.15, -0.1) is 5.10 Å². The van der Waals surface area contributed by atoms with Crippen LogP contribution in [0.2, 0.25) is 0 Å². The second-order valence-electron chi connectivity index (χ2n) is 7.29. The lowest BCUT2D eigenvalue weighted by Gasteiger charge is -2.15. The van der Waals surface area contributed by atoms with Crippen molar-refractivity contribution in [2.24, 2.45) is 0 Å². The van der Waals surface area contributed by atoms with Crippen molar-refractivity contribution in [3.05, 3.63) is 91.3 Å². The van der Waals surface area contributed by atoms with Gasteiger partial charge in [-0.05, 0) is 44.5 Å². The molecule has 0 saturated heterocycles. The Morgan fingerprint density at radius 1 is 1.07 bits per heavy atom. The number of ketones is 1. The fourth-order valence-electron chi connectivity index (χ4n) is 3.73. The number of aromatic nitrogens is 5. The third-order valence-corrected chi connectivity index (χ3v) is 5.04. The number of carbonyl (C=O) groups is 1. The van der Waals surface area contributed by atoms with E-state index in [-0.39, 0.29) is 23.7 Å². The van der Waals surface area contributed by atoms with Gasteiger partial charge in [0.25, 0.3) is 5.56 Å². The molecule has 0 spiro atoms. The van der Waals surface area contributed by atoms with Gasteiger partial charge in [-0.3, -0.25) is 19.1 Å². The van der Waals surface area contributed by atoms with Crippen LogP contribution in [-0.4, -0.2) is 30.3 Å². The van der Waals surface area contributed by atoms with Crippen LogP contribution in [-0.2, 0) is 13.1 Å². The van der Waals surface area contributed by atoms with Gasteiger partial charge < -0.3 is 0 Å². The predicted octanol–water partition coefficient (Wildman–Crippen LogP) is 2.20. The van der Waals surface area contributed by atoms with Gasteiger partial charge in [0.2, 0.25) is 5.78 Å². The maximum absolute atomic E-state index is 13.5. The van der Waals surface area contributed by atoms with Crippen LogP contribution in [0, 0.1) is 13.8 Å². The van der Waals surface area contributed by atoms with Gasteiger partial charge in [0.05, 0.1) is 5.52 Å². The van der Waals surface area contributed by atoms with Crippen molar-refractivity contribution in [1.29, 1.82) is 0 Å². The van der Waals surface area contributed by atoms with Crippen LogP contribution in [0.5, 0.6) is 0 Å². The molecule has 2 aromatic heterocycles. The van der Waals surface area contributed by atoms with E-state index in [1.165, 1.54) is 9.25 Å². The van der Waals surface area contributed by atoms with Crippen LogP contribution >= 0.6 is 0 Å². The Labute approximate surface area is 171 Å². The lowest BCUT2D eigenvalue weighted by molar-refractivity contribution is 0.102. The maximum atomic E-state index is 13.5. The molecule has 8 nitrogen and oxygen atoms in total. The van der Waals surface area contributed by atoms with E-state index in [9.17, 15) is 14.4 Å². The van der Waals surface area contributed by atoms with Crippen molar-refractivity contribution in [3.63, 3.8) is 0 Å². The number of aromatic amines is 1. The SMILES string of the molecule is CCc1c(C(=O)c2cc(C)cc(C)c2)n(Cn2nnc3ccccc32)c(=O)[nH]c1=O. The Bertz CT molecular complexity index is 1370. The monoisotopic (exact) mass is 403 g/mol. The fourth-order valence-corrected chi connectivity index (χ4v) is 3.73. The number of hydrogen-bond acceptors (Lipinski definition) is 5. The van der Waals surface area contributed by atoms with E-state index in [0.29, 0.717) is 17.5 Å². The van der Waals surface area contributed by atoms with Crippen molar-refractivity contribution >= 4 is 16.8 Å². The zero-order valence-electron chi connectivity index (χ0n) is 17.0. The molecule has 4 rings (SSSR count). The largest absolute Gasteiger partial charge is 0.330 e. The summed E-state index contributed by atoms with van der Waals surface area (Å²) in [6.07, 6.45) is 0.305. The smallest absolute Gasteiger partial charge is 0.287 e. The number of para-hydroxylation sites is 1. The number of aryl methyl sites for hydroxylation is 2. The molecule has 0 aliphatic heterocycles. The van der Waals surface area contributed by atoms with Gasteiger partial charge in [0, 0.05) is 11.1 Å². The van der Waals surface area contributed by atoms with Gasteiger partial charge in [-0.25, -0.2) is 9.48 Å². The topological polar surface area (TPSA) is 103 Å². The van der Waals surface area contributed by atoms with E-state index in [1.54, 1.807) is 19.1 Å². The van der Waals surface area contributed by atoms with Gasteiger partial charge >= 0.3 is 5.69 Å². The Hall–Kier alpha value is -3.81.